The molecule has 4 rings (SSSR count). The van der Waals surface area contributed by atoms with E-state index in [-0.39, 0.29) is 0 Å². The van der Waals surface area contributed by atoms with E-state index >= 15 is 0 Å². The Hall–Kier alpha value is -2.74. The van der Waals surface area contributed by atoms with Gasteiger partial charge in [-0.3, -0.25) is 0 Å². The van der Waals surface area contributed by atoms with E-state index < -0.39 is 0 Å². The maximum Gasteiger partial charge on any atom is 0.144 e. The third-order valence-corrected chi connectivity index (χ3v) is 4.57. The molecule has 0 aromatic heterocycles. The van der Waals surface area contributed by atoms with E-state index in [2.05, 4.69) is 86.3 Å². The number of hydrogen-bond donors (Lipinski definition) is 0. The molecule has 2 nitrogen and oxygen atoms in total. The zero-order chi connectivity index (χ0) is 16.7. The summed E-state index contributed by atoms with van der Waals surface area (Å²) in [5, 5.41) is 0. The summed E-state index contributed by atoms with van der Waals surface area (Å²) < 4.78 is 6.16. The van der Waals surface area contributed by atoms with E-state index in [4.69, 9.17) is 4.74 Å². The zero-order valence-electron chi connectivity index (χ0n) is 14.3. The molecule has 1 aliphatic rings. The van der Waals surface area contributed by atoms with E-state index in [1.54, 1.807) is 0 Å². The van der Waals surface area contributed by atoms with Crippen molar-refractivity contribution in [1.29, 1.82) is 0 Å². The minimum Gasteiger partial charge on any atom is -0.487 e. The van der Waals surface area contributed by atoms with E-state index in [1.165, 1.54) is 33.6 Å². The normalized spacial score (nSPS) is 12.9. The SMILES string of the molecule is Cc1ccc2c(c1)COc1cc(C)ccc1N2c1ccccc1C. The second-order valence-electron chi connectivity index (χ2n) is 6.51. The van der Waals surface area contributed by atoms with Crippen molar-refractivity contribution in [1.82, 2.24) is 0 Å². The highest BCUT2D eigenvalue weighted by Gasteiger charge is 2.24. The minimum atomic E-state index is 0.593. The Balaban J connectivity index is 2.01. The van der Waals surface area contributed by atoms with Crippen LogP contribution in [0.5, 0.6) is 5.75 Å². The molecule has 1 aliphatic heterocycles. The Labute approximate surface area is 143 Å². The Bertz CT molecular complexity index is 860. The van der Waals surface area contributed by atoms with Gasteiger partial charge in [-0.1, -0.05) is 42.0 Å². The van der Waals surface area contributed by atoms with Crippen molar-refractivity contribution in [3.05, 3.63) is 82.9 Å². The second kappa shape index (κ2) is 5.72. The summed E-state index contributed by atoms with van der Waals surface area (Å²) >= 11 is 0. The lowest BCUT2D eigenvalue weighted by atomic mass is 10.1. The van der Waals surface area contributed by atoms with Gasteiger partial charge >= 0.3 is 0 Å². The van der Waals surface area contributed by atoms with Crippen LogP contribution in [-0.2, 0) is 6.61 Å². The number of ether oxygens (including phenoxy) is 1. The summed E-state index contributed by atoms with van der Waals surface area (Å²) in [5.74, 6) is 0.937. The number of benzene rings is 3. The first-order chi connectivity index (χ1) is 11.6. The average Bonchev–Trinajstić information content (AvgIpc) is 2.72. The molecular formula is C22H21NO. The fourth-order valence-electron chi connectivity index (χ4n) is 3.33. The van der Waals surface area contributed by atoms with E-state index in [1.807, 2.05) is 0 Å². The Morgan fingerprint density at radius 3 is 2.25 bits per heavy atom. The second-order valence-corrected chi connectivity index (χ2v) is 6.51. The van der Waals surface area contributed by atoms with E-state index in [9.17, 15) is 0 Å². The lowest BCUT2D eigenvalue weighted by Crippen LogP contribution is -2.12. The molecule has 3 aromatic carbocycles. The molecule has 3 aromatic rings. The van der Waals surface area contributed by atoms with Crippen molar-refractivity contribution in [2.24, 2.45) is 0 Å². The maximum atomic E-state index is 6.16. The topological polar surface area (TPSA) is 12.5 Å². The molecule has 0 spiro atoms. The quantitative estimate of drug-likeness (QED) is 0.548. The number of para-hydroxylation sites is 1. The summed E-state index contributed by atoms with van der Waals surface area (Å²) in [6.45, 7) is 6.98. The number of nitrogens with zero attached hydrogens (tertiary/aromatic N) is 1. The van der Waals surface area contributed by atoms with Crippen molar-refractivity contribution in [2.45, 2.75) is 27.4 Å². The van der Waals surface area contributed by atoms with E-state index in [0.717, 1.165) is 11.4 Å². The number of anilines is 3. The van der Waals surface area contributed by atoms with Gasteiger partial charge in [-0.2, -0.15) is 0 Å². The van der Waals surface area contributed by atoms with Crippen LogP contribution < -0.4 is 9.64 Å². The highest BCUT2D eigenvalue weighted by Crippen LogP contribution is 2.45. The van der Waals surface area contributed by atoms with Gasteiger partial charge in [0.25, 0.3) is 0 Å². The van der Waals surface area contributed by atoms with Crippen molar-refractivity contribution in [3.63, 3.8) is 0 Å². The van der Waals surface area contributed by atoms with Crippen molar-refractivity contribution in [2.75, 3.05) is 4.90 Å². The van der Waals surface area contributed by atoms with Crippen LogP contribution in [0.15, 0.2) is 60.7 Å². The van der Waals surface area contributed by atoms with Crippen LogP contribution >= 0.6 is 0 Å². The highest BCUT2D eigenvalue weighted by atomic mass is 16.5. The van der Waals surface area contributed by atoms with Crippen LogP contribution in [-0.4, -0.2) is 0 Å². The first-order valence-electron chi connectivity index (χ1n) is 8.32. The summed E-state index contributed by atoms with van der Waals surface area (Å²) in [7, 11) is 0. The molecule has 0 radical (unpaired) electrons. The zero-order valence-corrected chi connectivity index (χ0v) is 14.3. The molecule has 1 heterocycles. The lowest BCUT2D eigenvalue weighted by Gasteiger charge is -2.27. The molecule has 0 unspecified atom stereocenters. The van der Waals surface area contributed by atoms with Gasteiger partial charge in [0.1, 0.15) is 12.4 Å². The molecule has 0 fully saturated rings. The van der Waals surface area contributed by atoms with Gasteiger partial charge in [0, 0.05) is 11.3 Å². The molecule has 0 bridgehead atoms. The fraction of sp³-hybridized carbons (Fsp3) is 0.182. The molecular weight excluding hydrogens is 294 g/mol. The monoisotopic (exact) mass is 315 g/mol. The van der Waals surface area contributed by atoms with Crippen LogP contribution in [0.2, 0.25) is 0 Å². The summed E-state index contributed by atoms with van der Waals surface area (Å²) in [6, 6.07) is 21.5. The highest BCUT2D eigenvalue weighted by molar-refractivity contribution is 5.84. The molecule has 120 valence electrons. The van der Waals surface area contributed by atoms with Gasteiger partial charge < -0.3 is 9.64 Å². The van der Waals surface area contributed by atoms with Crippen LogP contribution in [0.3, 0.4) is 0 Å². The van der Waals surface area contributed by atoms with Crippen molar-refractivity contribution >= 4 is 17.1 Å². The van der Waals surface area contributed by atoms with Gasteiger partial charge in [-0.15, -0.1) is 0 Å². The Kier molecular flexibility index (Phi) is 3.53. The lowest BCUT2D eigenvalue weighted by molar-refractivity contribution is 0.310. The van der Waals surface area contributed by atoms with E-state index in [0.29, 0.717) is 6.61 Å². The number of hydrogen-bond acceptors (Lipinski definition) is 2. The van der Waals surface area contributed by atoms with Gasteiger partial charge in [-0.25, -0.2) is 0 Å². The summed E-state index contributed by atoms with van der Waals surface area (Å²) in [5.41, 5.74) is 8.41. The van der Waals surface area contributed by atoms with Crippen molar-refractivity contribution in [3.8, 4) is 5.75 Å². The molecule has 0 saturated carbocycles. The van der Waals surface area contributed by atoms with Gasteiger partial charge in [-0.05, 0) is 56.2 Å². The molecule has 0 N–H and O–H groups in total. The van der Waals surface area contributed by atoms with Crippen LogP contribution in [0, 0.1) is 20.8 Å². The first kappa shape index (κ1) is 14.8. The van der Waals surface area contributed by atoms with Gasteiger partial charge in [0.2, 0.25) is 0 Å². The Morgan fingerprint density at radius 1 is 0.750 bits per heavy atom. The van der Waals surface area contributed by atoms with Gasteiger partial charge in [0.15, 0.2) is 0 Å². The fourth-order valence-corrected chi connectivity index (χ4v) is 3.33. The third-order valence-electron chi connectivity index (χ3n) is 4.57. The smallest absolute Gasteiger partial charge is 0.144 e. The molecule has 0 atom stereocenters. The largest absolute Gasteiger partial charge is 0.487 e. The standard InChI is InChI=1S/C22H21NO/c1-15-8-10-20-18(12-15)14-24-22-13-16(2)9-11-21(22)23(20)19-7-5-4-6-17(19)3/h4-13H,14H2,1-3H3. The molecule has 0 amide bonds. The van der Waals surface area contributed by atoms with Gasteiger partial charge in [0.05, 0.1) is 11.4 Å². The minimum absolute atomic E-state index is 0.593. The third kappa shape index (κ3) is 2.44. The number of aryl methyl sites for hydroxylation is 3. The first-order valence-corrected chi connectivity index (χ1v) is 8.32. The predicted octanol–water partition coefficient (Wildman–Crippen LogP) is 5.97. The summed E-state index contributed by atoms with van der Waals surface area (Å²) in [4.78, 5) is 2.33. The van der Waals surface area contributed by atoms with Crippen LogP contribution in [0.1, 0.15) is 22.3 Å². The summed E-state index contributed by atoms with van der Waals surface area (Å²) in [6.07, 6.45) is 0. The molecule has 24 heavy (non-hydrogen) atoms. The van der Waals surface area contributed by atoms with Crippen molar-refractivity contribution < 1.29 is 4.74 Å². The predicted molar refractivity (Wildman–Crippen MR) is 99.7 cm³/mol. The van der Waals surface area contributed by atoms with Crippen LogP contribution in [0.4, 0.5) is 17.1 Å². The molecule has 0 aliphatic carbocycles. The Morgan fingerprint density at radius 2 is 1.46 bits per heavy atom. The maximum absolute atomic E-state index is 6.16. The molecule has 0 saturated heterocycles. The molecule has 2 heteroatoms. The number of fused-ring (bicyclic) bond motifs is 2. The van der Waals surface area contributed by atoms with Crippen LogP contribution in [0.25, 0.3) is 0 Å². The average molecular weight is 315 g/mol. The number of rotatable bonds is 1.